The van der Waals surface area contributed by atoms with E-state index in [9.17, 15) is 4.79 Å². The van der Waals surface area contributed by atoms with E-state index in [0.29, 0.717) is 22.9 Å². The smallest absolute Gasteiger partial charge is 0.255 e. The third-order valence-electron chi connectivity index (χ3n) is 4.50. The van der Waals surface area contributed by atoms with Crippen molar-refractivity contribution >= 4 is 5.91 Å². The maximum absolute atomic E-state index is 12.9. The minimum Gasteiger partial charge on any atom is -0.493 e. The van der Waals surface area contributed by atoms with Gasteiger partial charge in [-0.25, -0.2) is 4.98 Å². The summed E-state index contributed by atoms with van der Waals surface area (Å²) >= 11 is 0. The molecule has 0 radical (unpaired) electrons. The van der Waals surface area contributed by atoms with Gasteiger partial charge in [0.25, 0.3) is 5.91 Å². The van der Waals surface area contributed by atoms with E-state index < -0.39 is 0 Å². The van der Waals surface area contributed by atoms with Crippen molar-refractivity contribution in [3.05, 3.63) is 47.7 Å². The average Bonchev–Trinajstić information content (AvgIpc) is 3.16. The number of carbonyl (C=O) groups excluding carboxylic acids is 1. The van der Waals surface area contributed by atoms with Crippen molar-refractivity contribution in [3.8, 4) is 17.4 Å². The van der Waals surface area contributed by atoms with Crippen LogP contribution in [0.15, 0.2) is 36.5 Å². The van der Waals surface area contributed by atoms with Gasteiger partial charge >= 0.3 is 0 Å². The first-order valence-corrected chi connectivity index (χ1v) is 8.21. The lowest BCUT2D eigenvalue weighted by atomic mass is 10.0. The molecule has 2 heterocycles. The number of benzene rings is 1. The third-order valence-corrected chi connectivity index (χ3v) is 4.50. The second-order valence-electron chi connectivity index (χ2n) is 5.86. The first kappa shape index (κ1) is 17.1. The number of nitrogens with zero attached hydrogens (tertiary/aromatic N) is 2. The Hall–Kier alpha value is -2.76. The highest BCUT2D eigenvalue weighted by Gasteiger charge is 2.31. The molecule has 1 aliphatic heterocycles. The van der Waals surface area contributed by atoms with Crippen LogP contribution in [0, 0.1) is 0 Å². The molecule has 0 bridgehead atoms. The monoisotopic (exact) mass is 342 g/mol. The van der Waals surface area contributed by atoms with Crippen LogP contribution in [0.1, 0.15) is 34.8 Å². The fourth-order valence-corrected chi connectivity index (χ4v) is 3.21. The molecule has 1 unspecified atom stereocenters. The van der Waals surface area contributed by atoms with Crippen molar-refractivity contribution in [2.24, 2.45) is 0 Å². The van der Waals surface area contributed by atoms with Crippen LogP contribution in [0.2, 0.25) is 0 Å². The second-order valence-corrected chi connectivity index (χ2v) is 5.86. The molecule has 6 heteroatoms. The maximum atomic E-state index is 12.9. The number of pyridine rings is 1. The minimum atomic E-state index is -0.0209. The molecular formula is C19H22N2O4. The van der Waals surface area contributed by atoms with Gasteiger partial charge in [0.2, 0.25) is 5.88 Å². The van der Waals surface area contributed by atoms with Gasteiger partial charge in [-0.05, 0) is 36.6 Å². The Labute approximate surface area is 147 Å². The summed E-state index contributed by atoms with van der Waals surface area (Å²) in [7, 11) is 4.78. The fourth-order valence-electron chi connectivity index (χ4n) is 3.21. The van der Waals surface area contributed by atoms with Gasteiger partial charge in [-0.15, -0.1) is 0 Å². The van der Waals surface area contributed by atoms with Crippen molar-refractivity contribution in [3.63, 3.8) is 0 Å². The molecule has 3 rings (SSSR count). The zero-order valence-corrected chi connectivity index (χ0v) is 14.7. The fraction of sp³-hybridized carbons (Fsp3) is 0.368. The first-order chi connectivity index (χ1) is 12.2. The van der Waals surface area contributed by atoms with E-state index >= 15 is 0 Å². The molecule has 1 saturated heterocycles. The summed E-state index contributed by atoms with van der Waals surface area (Å²) in [4.78, 5) is 18.9. The molecule has 1 atom stereocenters. The number of amides is 1. The lowest BCUT2D eigenvalue weighted by Crippen LogP contribution is -2.30. The Kier molecular flexibility index (Phi) is 5.07. The van der Waals surface area contributed by atoms with Crippen LogP contribution in [0.5, 0.6) is 17.4 Å². The van der Waals surface area contributed by atoms with E-state index in [0.717, 1.165) is 24.9 Å². The number of rotatable bonds is 5. The highest BCUT2D eigenvalue weighted by atomic mass is 16.5. The predicted octanol–water partition coefficient (Wildman–Crippen LogP) is 3.08. The molecule has 1 amide bonds. The summed E-state index contributed by atoms with van der Waals surface area (Å²) in [5.41, 5.74) is 1.61. The molecule has 0 saturated carbocycles. The number of hydrogen-bond donors (Lipinski definition) is 0. The quantitative estimate of drug-likeness (QED) is 0.836. The van der Waals surface area contributed by atoms with Crippen LogP contribution >= 0.6 is 0 Å². The van der Waals surface area contributed by atoms with Gasteiger partial charge in [-0.2, -0.15) is 0 Å². The molecule has 2 aromatic rings. The molecule has 1 aliphatic rings. The number of ether oxygens (including phenoxy) is 3. The van der Waals surface area contributed by atoms with E-state index in [2.05, 4.69) is 4.98 Å². The summed E-state index contributed by atoms with van der Waals surface area (Å²) in [6.07, 6.45) is 3.45. The minimum absolute atomic E-state index is 0.0209. The summed E-state index contributed by atoms with van der Waals surface area (Å²) < 4.78 is 15.7. The standard InChI is InChI=1S/C19H22N2O4/c1-23-16-8-6-13(11-17(16)24-2)15-5-4-10-21(15)19(22)14-7-9-18(25-3)20-12-14/h6-9,11-12,15H,4-5,10H2,1-3H3. The van der Waals surface area contributed by atoms with Gasteiger partial charge in [0.1, 0.15) is 0 Å². The maximum Gasteiger partial charge on any atom is 0.255 e. The van der Waals surface area contributed by atoms with Crippen LogP contribution in [0.4, 0.5) is 0 Å². The highest BCUT2D eigenvalue weighted by Crippen LogP contribution is 2.37. The number of likely N-dealkylation sites (tertiary alicyclic amines) is 1. The molecule has 1 fully saturated rings. The SMILES string of the molecule is COc1ccc(C(=O)N2CCCC2c2ccc(OC)c(OC)c2)cn1. The lowest BCUT2D eigenvalue weighted by molar-refractivity contribution is 0.0735. The second kappa shape index (κ2) is 7.42. The molecule has 6 nitrogen and oxygen atoms in total. The van der Waals surface area contributed by atoms with Gasteiger partial charge in [0, 0.05) is 18.8 Å². The van der Waals surface area contributed by atoms with Crippen molar-refractivity contribution in [1.29, 1.82) is 0 Å². The van der Waals surface area contributed by atoms with Crippen LogP contribution in [0.3, 0.4) is 0 Å². The van der Waals surface area contributed by atoms with Gasteiger partial charge in [0.15, 0.2) is 11.5 Å². The van der Waals surface area contributed by atoms with E-state index in [1.54, 1.807) is 39.7 Å². The van der Waals surface area contributed by atoms with E-state index in [-0.39, 0.29) is 11.9 Å². The van der Waals surface area contributed by atoms with Gasteiger partial charge in [-0.3, -0.25) is 4.79 Å². The molecule has 1 aromatic carbocycles. The van der Waals surface area contributed by atoms with Crippen molar-refractivity contribution in [2.45, 2.75) is 18.9 Å². The third kappa shape index (κ3) is 3.38. The molecule has 0 spiro atoms. The first-order valence-electron chi connectivity index (χ1n) is 8.21. The predicted molar refractivity (Wildman–Crippen MR) is 93.3 cm³/mol. The number of carbonyl (C=O) groups is 1. The lowest BCUT2D eigenvalue weighted by Gasteiger charge is -2.25. The van der Waals surface area contributed by atoms with E-state index in [4.69, 9.17) is 14.2 Å². The number of hydrogen-bond acceptors (Lipinski definition) is 5. The Morgan fingerprint density at radius 1 is 1.08 bits per heavy atom. The Morgan fingerprint density at radius 2 is 1.88 bits per heavy atom. The number of aromatic nitrogens is 1. The van der Waals surface area contributed by atoms with Gasteiger partial charge in [-0.1, -0.05) is 6.07 Å². The zero-order valence-electron chi connectivity index (χ0n) is 14.7. The van der Waals surface area contributed by atoms with Crippen molar-refractivity contribution in [1.82, 2.24) is 9.88 Å². The Balaban J connectivity index is 1.85. The molecule has 0 aliphatic carbocycles. The zero-order chi connectivity index (χ0) is 17.8. The summed E-state index contributed by atoms with van der Waals surface area (Å²) in [5.74, 6) is 1.83. The molecule has 0 N–H and O–H groups in total. The summed E-state index contributed by atoms with van der Waals surface area (Å²) in [5, 5.41) is 0. The van der Waals surface area contributed by atoms with Crippen LogP contribution in [0.25, 0.3) is 0 Å². The van der Waals surface area contributed by atoms with Crippen LogP contribution in [-0.2, 0) is 0 Å². The van der Waals surface area contributed by atoms with Crippen molar-refractivity contribution < 1.29 is 19.0 Å². The van der Waals surface area contributed by atoms with E-state index in [1.807, 2.05) is 23.1 Å². The van der Waals surface area contributed by atoms with Crippen LogP contribution in [-0.4, -0.2) is 43.7 Å². The molecule has 25 heavy (non-hydrogen) atoms. The Morgan fingerprint density at radius 3 is 2.52 bits per heavy atom. The molecular weight excluding hydrogens is 320 g/mol. The number of methoxy groups -OCH3 is 3. The Bertz CT molecular complexity index is 746. The van der Waals surface area contributed by atoms with E-state index in [1.165, 1.54) is 0 Å². The normalized spacial score (nSPS) is 16.6. The largest absolute Gasteiger partial charge is 0.493 e. The molecule has 1 aromatic heterocycles. The average molecular weight is 342 g/mol. The molecule has 132 valence electrons. The van der Waals surface area contributed by atoms with Gasteiger partial charge < -0.3 is 19.1 Å². The summed E-state index contributed by atoms with van der Waals surface area (Å²) in [6.45, 7) is 0.726. The van der Waals surface area contributed by atoms with Crippen LogP contribution < -0.4 is 14.2 Å². The topological polar surface area (TPSA) is 60.9 Å². The highest BCUT2D eigenvalue weighted by molar-refractivity contribution is 5.94. The van der Waals surface area contributed by atoms with Crippen molar-refractivity contribution in [2.75, 3.05) is 27.9 Å². The van der Waals surface area contributed by atoms with Gasteiger partial charge in [0.05, 0.1) is 32.9 Å². The summed E-state index contributed by atoms with van der Waals surface area (Å²) in [6, 6.07) is 9.29.